The zero-order chi connectivity index (χ0) is 25.3. The van der Waals surface area contributed by atoms with Crippen molar-refractivity contribution < 1.29 is 9.90 Å². The van der Waals surface area contributed by atoms with Gasteiger partial charge in [-0.2, -0.15) is 10.4 Å². The van der Waals surface area contributed by atoms with Crippen LogP contribution in [0.4, 0.5) is 17.5 Å². The van der Waals surface area contributed by atoms with Crippen molar-refractivity contribution in [1.82, 2.24) is 24.6 Å². The van der Waals surface area contributed by atoms with E-state index in [1.54, 1.807) is 23.0 Å². The Labute approximate surface area is 209 Å². The molecule has 1 unspecified atom stereocenters. The quantitative estimate of drug-likeness (QED) is 0.407. The molecule has 1 fully saturated rings. The van der Waals surface area contributed by atoms with Gasteiger partial charge in [-0.3, -0.25) is 4.79 Å². The number of anilines is 3. The van der Waals surface area contributed by atoms with Crippen LogP contribution in [0.2, 0.25) is 0 Å². The molecule has 4 heterocycles. The number of piperidine rings is 1. The predicted molar refractivity (Wildman–Crippen MR) is 134 cm³/mol. The molecule has 0 radical (unpaired) electrons. The molecule has 0 bridgehead atoms. The minimum Gasteiger partial charge on any atom is -0.394 e. The molecule has 186 valence electrons. The molecule has 1 saturated heterocycles. The van der Waals surface area contributed by atoms with Gasteiger partial charge in [0, 0.05) is 43.0 Å². The number of amides is 1. The number of aryl methyl sites for hydroxylation is 1. The topological polar surface area (TPSA) is 158 Å². The van der Waals surface area contributed by atoms with Crippen LogP contribution in [-0.4, -0.2) is 61.9 Å². The van der Waals surface area contributed by atoms with Crippen molar-refractivity contribution in [2.24, 2.45) is 5.73 Å². The molecule has 5 N–H and O–H groups in total. The first kappa shape index (κ1) is 23.7. The average Bonchev–Trinajstić information content (AvgIpc) is 3.43. The number of carbonyl (C=O) groups excluding carboxylic acids is 1. The molecule has 11 nitrogen and oxygen atoms in total. The highest BCUT2D eigenvalue weighted by molar-refractivity contribution is 5.77. The minimum atomic E-state index is -0.976. The predicted octanol–water partition coefficient (Wildman–Crippen LogP) is 1.85. The zero-order valence-corrected chi connectivity index (χ0v) is 20.2. The molecule has 36 heavy (non-hydrogen) atoms. The summed E-state index contributed by atoms with van der Waals surface area (Å²) >= 11 is 0. The standard InChI is InChI=1S/C25H29N9O2/c1-16-9-21(34(32-16)13-22(36)33-7-3-2-4-8-33)31-24-28-6-5-20(30-24)17-10-18(12-26)23-19(11-17)25(27,15-35)14-29-23/h5-6,9-11,29,35H,2-4,7-8,13-15,27H2,1H3,(H,28,30,31). The van der Waals surface area contributed by atoms with Gasteiger partial charge in [-0.05, 0) is 44.4 Å². The molecule has 1 amide bonds. The number of likely N-dealkylation sites (tertiary alicyclic amines) is 1. The number of rotatable bonds is 6. The zero-order valence-electron chi connectivity index (χ0n) is 20.2. The van der Waals surface area contributed by atoms with Gasteiger partial charge in [-0.1, -0.05) is 0 Å². The number of nitrogens with one attached hydrogen (secondary N) is 2. The van der Waals surface area contributed by atoms with Gasteiger partial charge in [0.15, 0.2) is 0 Å². The number of nitriles is 1. The summed E-state index contributed by atoms with van der Waals surface area (Å²) in [6, 6.07) is 9.39. The highest BCUT2D eigenvalue weighted by atomic mass is 16.3. The minimum absolute atomic E-state index is 0.0421. The second kappa shape index (κ2) is 9.56. The first-order chi connectivity index (χ1) is 17.4. The van der Waals surface area contributed by atoms with Crippen LogP contribution in [0, 0.1) is 18.3 Å². The largest absolute Gasteiger partial charge is 0.394 e. The highest BCUT2D eigenvalue weighted by Gasteiger charge is 2.36. The second-order valence-corrected chi connectivity index (χ2v) is 9.39. The van der Waals surface area contributed by atoms with E-state index in [1.807, 2.05) is 24.0 Å². The summed E-state index contributed by atoms with van der Waals surface area (Å²) < 4.78 is 1.64. The van der Waals surface area contributed by atoms with E-state index >= 15 is 0 Å². The van der Waals surface area contributed by atoms with Gasteiger partial charge in [0.05, 0.1) is 34.8 Å². The van der Waals surface area contributed by atoms with Gasteiger partial charge in [0.25, 0.3) is 0 Å². The van der Waals surface area contributed by atoms with Crippen LogP contribution in [0.3, 0.4) is 0 Å². The molecule has 0 aliphatic carbocycles. The Morgan fingerprint density at radius 2 is 2.11 bits per heavy atom. The molecular formula is C25H29N9O2. The fourth-order valence-corrected chi connectivity index (χ4v) is 4.78. The van der Waals surface area contributed by atoms with Crippen LogP contribution < -0.4 is 16.4 Å². The van der Waals surface area contributed by atoms with E-state index in [-0.39, 0.29) is 19.1 Å². The maximum Gasteiger partial charge on any atom is 0.244 e. The van der Waals surface area contributed by atoms with Crippen molar-refractivity contribution in [3.05, 3.63) is 47.3 Å². The van der Waals surface area contributed by atoms with E-state index in [9.17, 15) is 15.2 Å². The van der Waals surface area contributed by atoms with Gasteiger partial charge < -0.3 is 26.4 Å². The number of aliphatic hydroxyl groups excluding tert-OH is 1. The third-order valence-electron chi connectivity index (χ3n) is 6.75. The summed E-state index contributed by atoms with van der Waals surface area (Å²) in [6.45, 7) is 3.67. The number of carbonyl (C=O) groups is 1. The first-order valence-electron chi connectivity index (χ1n) is 12.0. The summed E-state index contributed by atoms with van der Waals surface area (Å²) in [7, 11) is 0. The summed E-state index contributed by atoms with van der Waals surface area (Å²) in [4.78, 5) is 23.7. The molecule has 2 aromatic heterocycles. The van der Waals surface area contributed by atoms with E-state index in [1.165, 1.54) is 0 Å². The smallest absolute Gasteiger partial charge is 0.244 e. The lowest BCUT2D eigenvalue weighted by Gasteiger charge is -2.26. The molecule has 3 aromatic rings. The number of aliphatic hydroxyl groups is 1. The normalized spacial score (nSPS) is 18.9. The fraction of sp³-hybridized carbons (Fsp3) is 0.400. The van der Waals surface area contributed by atoms with Gasteiger partial charge in [0.1, 0.15) is 18.4 Å². The van der Waals surface area contributed by atoms with Gasteiger partial charge >= 0.3 is 0 Å². The van der Waals surface area contributed by atoms with Crippen molar-refractivity contribution in [3.63, 3.8) is 0 Å². The average molecular weight is 488 g/mol. The Morgan fingerprint density at radius 1 is 1.31 bits per heavy atom. The summed E-state index contributed by atoms with van der Waals surface area (Å²) in [5, 5.41) is 30.3. The van der Waals surface area contributed by atoms with Crippen molar-refractivity contribution in [1.29, 1.82) is 5.26 Å². The fourth-order valence-electron chi connectivity index (χ4n) is 4.78. The van der Waals surface area contributed by atoms with Crippen molar-refractivity contribution >= 4 is 23.4 Å². The Balaban J connectivity index is 1.41. The van der Waals surface area contributed by atoms with Crippen LogP contribution in [-0.2, 0) is 16.9 Å². The Hall–Kier alpha value is -4.01. The number of hydrogen-bond donors (Lipinski definition) is 4. The molecule has 1 aromatic carbocycles. The summed E-state index contributed by atoms with van der Waals surface area (Å²) in [6.07, 6.45) is 4.85. The number of aromatic nitrogens is 4. The molecule has 0 saturated carbocycles. The summed E-state index contributed by atoms with van der Waals surface area (Å²) in [5.74, 6) is 0.991. The number of hydrogen-bond acceptors (Lipinski definition) is 9. The van der Waals surface area contributed by atoms with Crippen LogP contribution >= 0.6 is 0 Å². The molecule has 11 heteroatoms. The van der Waals surface area contributed by atoms with E-state index in [0.29, 0.717) is 46.4 Å². The van der Waals surface area contributed by atoms with E-state index < -0.39 is 5.54 Å². The van der Waals surface area contributed by atoms with Gasteiger partial charge in [-0.15, -0.1) is 0 Å². The number of nitrogens with zero attached hydrogens (tertiary/aromatic N) is 6. The summed E-state index contributed by atoms with van der Waals surface area (Å²) in [5.41, 5.74) is 9.20. The molecule has 1 atom stereocenters. The molecular weight excluding hydrogens is 458 g/mol. The highest BCUT2D eigenvalue weighted by Crippen LogP contribution is 2.38. The molecule has 2 aliphatic heterocycles. The maximum absolute atomic E-state index is 12.8. The van der Waals surface area contributed by atoms with Gasteiger partial charge in [0.2, 0.25) is 11.9 Å². The van der Waals surface area contributed by atoms with Gasteiger partial charge in [-0.25, -0.2) is 14.6 Å². The van der Waals surface area contributed by atoms with Crippen molar-refractivity contribution in [2.75, 3.05) is 36.9 Å². The third-order valence-corrected chi connectivity index (χ3v) is 6.75. The van der Waals surface area contributed by atoms with Crippen LogP contribution in [0.25, 0.3) is 11.3 Å². The lowest BCUT2D eigenvalue weighted by molar-refractivity contribution is -0.132. The number of fused-ring (bicyclic) bond motifs is 1. The maximum atomic E-state index is 12.8. The monoisotopic (exact) mass is 487 g/mol. The first-order valence-corrected chi connectivity index (χ1v) is 12.0. The Kier molecular flexibility index (Phi) is 6.30. The van der Waals surface area contributed by atoms with Crippen LogP contribution in [0.15, 0.2) is 30.5 Å². The lowest BCUT2D eigenvalue weighted by Crippen LogP contribution is -2.42. The lowest BCUT2D eigenvalue weighted by atomic mass is 9.90. The van der Waals surface area contributed by atoms with Crippen molar-refractivity contribution in [2.45, 2.75) is 38.3 Å². The Bertz CT molecular complexity index is 1340. The van der Waals surface area contributed by atoms with E-state index in [4.69, 9.17) is 5.73 Å². The second-order valence-electron chi connectivity index (χ2n) is 9.39. The van der Waals surface area contributed by atoms with E-state index in [0.717, 1.165) is 38.0 Å². The van der Waals surface area contributed by atoms with Crippen LogP contribution in [0.1, 0.15) is 36.1 Å². The molecule has 5 rings (SSSR count). The third kappa shape index (κ3) is 4.48. The Morgan fingerprint density at radius 3 is 2.86 bits per heavy atom. The van der Waals surface area contributed by atoms with Crippen molar-refractivity contribution in [3.8, 4) is 17.3 Å². The molecule has 2 aliphatic rings. The SMILES string of the molecule is Cc1cc(Nc2nccc(-c3cc(C#N)c4c(c3)C(N)(CO)CN4)n2)n(CC(=O)N2CCCCC2)n1. The van der Waals surface area contributed by atoms with E-state index in [2.05, 4.69) is 31.8 Å². The molecule has 0 spiro atoms. The number of benzene rings is 1. The number of nitrogens with two attached hydrogens (primary N) is 1. The van der Waals surface area contributed by atoms with Crippen LogP contribution in [0.5, 0.6) is 0 Å².